The van der Waals surface area contributed by atoms with Crippen LogP contribution < -0.4 is 5.19 Å². The lowest BCUT2D eigenvalue weighted by Crippen LogP contribution is -2.62. The van der Waals surface area contributed by atoms with Crippen LogP contribution >= 0.6 is 0 Å². The Hall–Kier alpha value is -0.563. The van der Waals surface area contributed by atoms with Crippen LogP contribution in [0.25, 0.3) is 0 Å². The summed E-state index contributed by atoms with van der Waals surface area (Å²) >= 11 is 0. The van der Waals surface area contributed by atoms with Crippen molar-refractivity contribution in [3.63, 3.8) is 0 Å². The van der Waals surface area contributed by atoms with Gasteiger partial charge in [0.25, 0.3) is 0 Å². The molecule has 0 aliphatic heterocycles. The molecule has 0 N–H and O–H groups in total. The fourth-order valence-corrected chi connectivity index (χ4v) is 16.6. The van der Waals surface area contributed by atoms with Crippen LogP contribution in [0.3, 0.4) is 0 Å². The molecule has 1 aromatic carbocycles. The molecule has 0 amide bonds. The molecule has 0 unspecified atom stereocenters. The largest absolute Gasteiger partial charge is 0.0962 e. The van der Waals surface area contributed by atoms with Gasteiger partial charge in [0.2, 0.25) is 0 Å². The minimum Gasteiger partial charge on any atom is -0.0627 e. The van der Waals surface area contributed by atoms with Crippen LogP contribution in [-0.2, 0) is 5.41 Å². The zero-order valence-corrected chi connectivity index (χ0v) is 20.6. The minimum absolute atomic E-state index is 0.271. The lowest BCUT2D eigenvalue weighted by Gasteiger charge is -2.55. The van der Waals surface area contributed by atoms with Gasteiger partial charge in [-0.2, -0.15) is 0 Å². The van der Waals surface area contributed by atoms with Gasteiger partial charge in [-0.05, 0) is 27.6 Å². The van der Waals surface area contributed by atoms with E-state index in [4.69, 9.17) is 0 Å². The van der Waals surface area contributed by atoms with Gasteiger partial charge < -0.3 is 0 Å². The highest BCUT2D eigenvalue weighted by atomic mass is 28.3. The Morgan fingerprint density at radius 1 is 0.586 bits per heavy atom. The van der Waals surface area contributed by atoms with Gasteiger partial charge in [0.05, 0.1) is 8.07 Å². The molecule has 0 spiro atoms. The molecule has 0 saturated heterocycles. The van der Waals surface area contributed by atoms with Crippen molar-refractivity contribution in [1.29, 1.82) is 0 Å². The smallest absolute Gasteiger partial charge is 0.0627 e. The first kappa shape index (κ1) is 21.7. The van der Waals surface area contributed by atoms with Crippen LogP contribution in [0, 0.1) is 0 Å². The highest BCUT2D eigenvalue weighted by molar-refractivity contribution is 6.95. The molecule has 0 aromatic heterocycles. The van der Waals surface area contributed by atoms with Gasteiger partial charge in [-0.3, -0.25) is 0 Å². The molecule has 3 aliphatic carbocycles. The third kappa shape index (κ3) is 4.28. The topological polar surface area (TPSA) is 0 Å². The summed E-state index contributed by atoms with van der Waals surface area (Å²) in [5.74, 6) is 0. The first-order chi connectivity index (χ1) is 14.0. The number of rotatable bonds is 4. The molecule has 4 rings (SSSR count). The maximum absolute atomic E-state index is 2.67. The van der Waals surface area contributed by atoms with E-state index in [1.54, 1.807) is 44.1 Å². The Labute approximate surface area is 182 Å². The summed E-state index contributed by atoms with van der Waals surface area (Å²) in [5.41, 5.74) is 5.18. The van der Waals surface area contributed by atoms with Crippen molar-refractivity contribution in [2.24, 2.45) is 0 Å². The molecule has 3 saturated carbocycles. The normalized spacial score (nSPS) is 24.0. The second-order valence-electron chi connectivity index (χ2n) is 11.7. The second kappa shape index (κ2) is 9.29. The molecule has 0 atom stereocenters. The van der Waals surface area contributed by atoms with E-state index in [0.29, 0.717) is 0 Å². The summed E-state index contributed by atoms with van der Waals surface area (Å²) in [7, 11) is -1.62. The summed E-state index contributed by atoms with van der Waals surface area (Å²) in [4.78, 5) is 0. The van der Waals surface area contributed by atoms with Crippen LogP contribution in [0.1, 0.15) is 123 Å². The standard InChI is InChI=1S/C28H46Si/c1-28(2,3)26-21-13-14-22-27(26)29(23-15-7-4-8-16-23,24-17-9-5-10-18-24)25-19-11-6-12-20-25/h13-14,21-25H,4-12,15-20H2,1-3H3. The highest BCUT2D eigenvalue weighted by Crippen LogP contribution is 2.57. The maximum atomic E-state index is 2.67. The fourth-order valence-electron chi connectivity index (χ4n) is 7.92. The van der Waals surface area contributed by atoms with E-state index in [2.05, 4.69) is 45.0 Å². The zero-order valence-electron chi connectivity index (χ0n) is 19.6. The van der Waals surface area contributed by atoms with Crippen LogP contribution in [-0.4, -0.2) is 8.07 Å². The summed E-state index contributed by atoms with van der Waals surface area (Å²) < 4.78 is 0. The Balaban J connectivity index is 1.91. The van der Waals surface area contributed by atoms with E-state index in [0.717, 1.165) is 16.6 Å². The highest BCUT2D eigenvalue weighted by Gasteiger charge is 2.54. The Morgan fingerprint density at radius 2 is 0.966 bits per heavy atom. The molecule has 29 heavy (non-hydrogen) atoms. The first-order valence-electron chi connectivity index (χ1n) is 13.1. The quantitative estimate of drug-likeness (QED) is 0.436. The van der Waals surface area contributed by atoms with Gasteiger partial charge in [0.1, 0.15) is 0 Å². The van der Waals surface area contributed by atoms with Gasteiger partial charge >= 0.3 is 0 Å². The fraction of sp³-hybridized carbons (Fsp3) is 0.786. The number of hydrogen-bond donors (Lipinski definition) is 0. The summed E-state index contributed by atoms with van der Waals surface area (Å²) in [6.07, 6.45) is 22.9. The van der Waals surface area contributed by atoms with E-state index >= 15 is 0 Å². The van der Waals surface area contributed by atoms with Gasteiger partial charge in [-0.15, -0.1) is 0 Å². The van der Waals surface area contributed by atoms with Crippen LogP contribution in [0.15, 0.2) is 24.3 Å². The molecule has 0 heterocycles. The molecule has 1 aromatic rings. The van der Waals surface area contributed by atoms with E-state index in [1.165, 1.54) is 57.8 Å². The maximum Gasteiger partial charge on any atom is 0.0962 e. The average molecular weight is 411 g/mol. The van der Waals surface area contributed by atoms with Gasteiger partial charge in [-0.25, -0.2) is 0 Å². The van der Waals surface area contributed by atoms with Crippen molar-refractivity contribution in [1.82, 2.24) is 0 Å². The Morgan fingerprint density at radius 3 is 1.34 bits per heavy atom. The van der Waals surface area contributed by atoms with Gasteiger partial charge in [0, 0.05) is 0 Å². The number of benzene rings is 1. The first-order valence-corrected chi connectivity index (χ1v) is 15.4. The van der Waals surface area contributed by atoms with Crippen LogP contribution in [0.5, 0.6) is 0 Å². The monoisotopic (exact) mass is 410 g/mol. The van der Waals surface area contributed by atoms with Gasteiger partial charge in [-0.1, -0.05) is 147 Å². The van der Waals surface area contributed by atoms with E-state index in [-0.39, 0.29) is 5.41 Å². The number of hydrogen-bond acceptors (Lipinski definition) is 0. The van der Waals surface area contributed by atoms with E-state index in [1.807, 2.05) is 5.19 Å². The molecule has 3 aliphatic rings. The minimum atomic E-state index is -1.62. The Bertz CT molecular complexity index is 591. The molecule has 1 heteroatoms. The van der Waals surface area contributed by atoms with Crippen LogP contribution in [0.4, 0.5) is 0 Å². The predicted octanol–water partition coefficient (Wildman–Crippen LogP) is 8.64. The Kier molecular flexibility index (Phi) is 6.94. The summed E-state index contributed by atoms with van der Waals surface area (Å²) in [6.45, 7) is 7.44. The second-order valence-corrected chi connectivity index (χ2v) is 16.6. The molecule has 3 fully saturated rings. The summed E-state index contributed by atoms with van der Waals surface area (Å²) in [6, 6.07) is 9.96. The predicted molar refractivity (Wildman–Crippen MR) is 131 cm³/mol. The van der Waals surface area contributed by atoms with Crippen molar-refractivity contribution in [2.75, 3.05) is 0 Å². The summed E-state index contributed by atoms with van der Waals surface area (Å²) in [5, 5.41) is 1.94. The molecule has 0 nitrogen and oxygen atoms in total. The van der Waals surface area contributed by atoms with Crippen molar-refractivity contribution in [3.8, 4) is 0 Å². The average Bonchev–Trinajstić information content (AvgIpc) is 2.76. The van der Waals surface area contributed by atoms with E-state index in [9.17, 15) is 0 Å². The molecular weight excluding hydrogens is 364 g/mol. The van der Waals surface area contributed by atoms with Crippen molar-refractivity contribution >= 4 is 13.3 Å². The van der Waals surface area contributed by atoms with Gasteiger partial charge in [0.15, 0.2) is 0 Å². The SMILES string of the molecule is CC(C)(C)c1ccccc1[Si](C1CCCCC1)(C1CCCCC1)C1CCCCC1. The van der Waals surface area contributed by atoms with E-state index < -0.39 is 8.07 Å². The van der Waals surface area contributed by atoms with Crippen LogP contribution in [0.2, 0.25) is 16.6 Å². The molecular formula is C28H46Si. The van der Waals surface area contributed by atoms with Crippen molar-refractivity contribution in [3.05, 3.63) is 29.8 Å². The molecule has 0 radical (unpaired) electrons. The lowest BCUT2D eigenvalue weighted by molar-refractivity contribution is 0.420. The lowest BCUT2D eigenvalue weighted by atomic mass is 9.87. The molecule has 0 bridgehead atoms. The third-order valence-corrected chi connectivity index (χ3v) is 16.2. The van der Waals surface area contributed by atoms with Crippen molar-refractivity contribution in [2.45, 2.75) is 139 Å². The zero-order chi connectivity index (χ0) is 20.3. The third-order valence-electron chi connectivity index (χ3n) is 9.04. The van der Waals surface area contributed by atoms with Crippen molar-refractivity contribution < 1.29 is 0 Å². The molecule has 162 valence electrons.